The van der Waals surface area contributed by atoms with E-state index in [1.54, 1.807) is 18.4 Å². The second-order valence-electron chi connectivity index (χ2n) is 5.12. The number of aliphatic hydroxyl groups is 1. The predicted molar refractivity (Wildman–Crippen MR) is 90.8 cm³/mol. The molecule has 22 heavy (non-hydrogen) atoms. The van der Waals surface area contributed by atoms with Gasteiger partial charge in [0, 0.05) is 23.3 Å². The molecule has 114 valence electrons. The first-order chi connectivity index (χ1) is 10.7. The molecule has 0 spiro atoms. The summed E-state index contributed by atoms with van der Waals surface area (Å²) in [6.45, 7) is 2.40. The van der Waals surface area contributed by atoms with Gasteiger partial charge in [-0.2, -0.15) is 11.3 Å². The SMILES string of the molecule is COc1cccc2c(NCC(O)c3ccsc3)cc(C)nc12. The number of nitrogens with one attached hydrogen (secondary N) is 1. The number of aliphatic hydroxyl groups excluding tert-OH is 1. The number of benzene rings is 1. The molecule has 1 aromatic carbocycles. The molecule has 0 aliphatic carbocycles. The van der Waals surface area contributed by atoms with Crippen molar-refractivity contribution in [1.29, 1.82) is 0 Å². The van der Waals surface area contributed by atoms with Crippen molar-refractivity contribution < 1.29 is 9.84 Å². The molecule has 0 saturated carbocycles. The summed E-state index contributed by atoms with van der Waals surface area (Å²) >= 11 is 1.59. The van der Waals surface area contributed by atoms with Crippen molar-refractivity contribution in [3.8, 4) is 5.75 Å². The molecule has 0 radical (unpaired) electrons. The molecule has 2 aromatic heterocycles. The molecule has 4 nitrogen and oxygen atoms in total. The average Bonchev–Trinajstić information content (AvgIpc) is 3.06. The van der Waals surface area contributed by atoms with Crippen LogP contribution in [0.2, 0.25) is 0 Å². The molecular weight excluding hydrogens is 296 g/mol. The number of aromatic nitrogens is 1. The molecule has 2 N–H and O–H groups in total. The lowest BCUT2D eigenvalue weighted by Crippen LogP contribution is -2.12. The maximum absolute atomic E-state index is 10.2. The Hall–Kier alpha value is -2.11. The Kier molecular flexibility index (Phi) is 4.27. The van der Waals surface area contributed by atoms with E-state index in [-0.39, 0.29) is 0 Å². The highest BCUT2D eigenvalue weighted by Gasteiger charge is 2.11. The second-order valence-corrected chi connectivity index (χ2v) is 5.90. The third-order valence-electron chi connectivity index (χ3n) is 3.56. The normalized spacial score (nSPS) is 12.3. The summed E-state index contributed by atoms with van der Waals surface area (Å²) in [7, 11) is 1.65. The van der Waals surface area contributed by atoms with Gasteiger partial charge < -0.3 is 15.2 Å². The topological polar surface area (TPSA) is 54.4 Å². The standard InChI is InChI=1S/C17H18N2O2S/c1-11-8-14(18-9-15(20)12-6-7-22-10-12)13-4-3-5-16(21-2)17(13)19-11/h3-8,10,15,20H,9H2,1-2H3,(H,18,19). The summed E-state index contributed by atoms with van der Waals surface area (Å²) in [5.74, 6) is 0.752. The molecule has 0 amide bonds. The van der Waals surface area contributed by atoms with E-state index >= 15 is 0 Å². The first-order valence-corrected chi connectivity index (χ1v) is 8.01. The molecular formula is C17H18N2O2S. The second kappa shape index (κ2) is 6.34. The zero-order chi connectivity index (χ0) is 15.5. The number of aryl methyl sites for hydroxylation is 1. The van der Waals surface area contributed by atoms with Gasteiger partial charge in [0.2, 0.25) is 0 Å². The molecule has 3 aromatic rings. The Bertz CT molecular complexity index is 772. The van der Waals surface area contributed by atoms with Crippen LogP contribution in [0.1, 0.15) is 17.4 Å². The third kappa shape index (κ3) is 2.91. The fraction of sp³-hybridized carbons (Fsp3) is 0.235. The Labute approximate surface area is 133 Å². The summed E-state index contributed by atoms with van der Waals surface area (Å²) in [6, 6.07) is 9.78. The van der Waals surface area contributed by atoms with Gasteiger partial charge in [-0.15, -0.1) is 0 Å². The van der Waals surface area contributed by atoms with Crippen LogP contribution in [-0.2, 0) is 0 Å². The van der Waals surface area contributed by atoms with Crippen molar-refractivity contribution in [3.05, 3.63) is 52.3 Å². The van der Waals surface area contributed by atoms with Crippen LogP contribution in [0.15, 0.2) is 41.1 Å². The number of rotatable bonds is 5. The lowest BCUT2D eigenvalue weighted by Gasteiger charge is -2.15. The highest BCUT2D eigenvalue weighted by atomic mass is 32.1. The number of hydrogen-bond acceptors (Lipinski definition) is 5. The first kappa shape index (κ1) is 14.8. The van der Waals surface area contributed by atoms with E-state index < -0.39 is 6.10 Å². The Morgan fingerprint density at radius 3 is 2.95 bits per heavy atom. The van der Waals surface area contributed by atoms with Crippen LogP contribution in [-0.4, -0.2) is 23.7 Å². The van der Waals surface area contributed by atoms with Crippen LogP contribution in [0.3, 0.4) is 0 Å². The van der Waals surface area contributed by atoms with Gasteiger partial charge in [-0.1, -0.05) is 12.1 Å². The molecule has 0 saturated heterocycles. The summed E-state index contributed by atoms with van der Waals surface area (Å²) in [5.41, 5.74) is 3.63. The van der Waals surface area contributed by atoms with Gasteiger partial charge in [-0.05, 0) is 41.4 Å². The Balaban J connectivity index is 1.90. The van der Waals surface area contributed by atoms with Crippen LogP contribution >= 0.6 is 11.3 Å². The minimum atomic E-state index is -0.527. The fourth-order valence-corrected chi connectivity index (χ4v) is 3.16. The molecule has 1 atom stereocenters. The van der Waals surface area contributed by atoms with Gasteiger partial charge in [0.05, 0.1) is 13.2 Å². The van der Waals surface area contributed by atoms with E-state index in [1.165, 1.54) is 0 Å². The molecule has 3 rings (SSSR count). The van der Waals surface area contributed by atoms with Gasteiger partial charge in [0.25, 0.3) is 0 Å². The zero-order valence-corrected chi connectivity index (χ0v) is 13.4. The fourth-order valence-electron chi connectivity index (χ4n) is 2.45. The van der Waals surface area contributed by atoms with Crippen LogP contribution in [0.4, 0.5) is 5.69 Å². The van der Waals surface area contributed by atoms with E-state index in [1.807, 2.05) is 48.0 Å². The Morgan fingerprint density at radius 1 is 1.36 bits per heavy atom. The van der Waals surface area contributed by atoms with Crippen molar-refractivity contribution in [1.82, 2.24) is 4.98 Å². The van der Waals surface area contributed by atoms with E-state index in [0.29, 0.717) is 6.54 Å². The number of para-hydroxylation sites is 1. The van der Waals surface area contributed by atoms with Crippen molar-refractivity contribution in [3.63, 3.8) is 0 Å². The van der Waals surface area contributed by atoms with Gasteiger partial charge in [-0.25, -0.2) is 4.98 Å². The minimum Gasteiger partial charge on any atom is -0.494 e. The molecule has 0 aliphatic rings. The lowest BCUT2D eigenvalue weighted by molar-refractivity contribution is 0.192. The molecule has 0 aliphatic heterocycles. The van der Waals surface area contributed by atoms with Crippen molar-refractivity contribution in [2.75, 3.05) is 19.0 Å². The van der Waals surface area contributed by atoms with Crippen LogP contribution in [0.25, 0.3) is 10.9 Å². The minimum absolute atomic E-state index is 0.451. The predicted octanol–water partition coefficient (Wildman–Crippen LogP) is 3.76. The van der Waals surface area contributed by atoms with Crippen LogP contribution in [0, 0.1) is 6.92 Å². The van der Waals surface area contributed by atoms with Crippen LogP contribution in [0.5, 0.6) is 5.75 Å². The van der Waals surface area contributed by atoms with E-state index in [0.717, 1.165) is 33.6 Å². The van der Waals surface area contributed by atoms with E-state index in [4.69, 9.17) is 4.74 Å². The monoisotopic (exact) mass is 314 g/mol. The molecule has 0 fully saturated rings. The van der Waals surface area contributed by atoms with E-state index in [2.05, 4.69) is 10.3 Å². The van der Waals surface area contributed by atoms with Gasteiger partial charge in [0.1, 0.15) is 11.3 Å². The molecule has 2 heterocycles. The van der Waals surface area contributed by atoms with Gasteiger partial charge in [0.15, 0.2) is 0 Å². The summed E-state index contributed by atoms with van der Waals surface area (Å²) in [4.78, 5) is 4.56. The summed E-state index contributed by atoms with van der Waals surface area (Å²) in [6.07, 6.45) is -0.527. The van der Waals surface area contributed by atoms with Gasteiger partial charge >= 0.3 is 0 Å². The third-order valence-corrected chi connectivity index (χ3v) is 4.27. The quantitative estimate of drug-likeness (QED) is 0.753. The molecule has 1 unspecified atom stereocenters. The number of hydrogen-bond donors (Lipinski definition) is 2. The maximum Gasteiger partial charge on any atom is 0.145 e. The zero-order valence-electron chi connectivity index (χ0n) is 12.5. The van der Waals surface area contributed by atoms with E-state index in [9.17, 15) is 5.11 Å². The smallest absolute Gasteiger partial charge is 0.145 e. The van der Waals surface area contributed by atoms with Crippen molar-refractivity contribution in [2.45, 2.75) is 13.0 Å². The number of thiophene rings is 1. The van der Waals surface area contributed by atoms with Crippen molar-refractivity contribution in [2.24, 2.45) is 0 Å². The summed E-state index contributed by atoms with van der Waals surface area (Å²) < 4.78 is 5.38. The number of pyridine rings is 1. The molecule has 5 heteroatoms. The maximum atomic E-state index is 10.2. The first-order valence-electron chi connectivity index (χ1n) is 7.07. The Morgan fingerprint density at radius 2 is 2.23 bits per heavy atom. The lowest BCUT2D eigenvalue weighted by atomic mass is 10.1. The highest BCUT2D eigenvalue weighted by molar-refractivity contribution is 7.07. The van der Waals surface area contributed by atoms with Gasteiger partial charge in [-0.3, -0.25) is 0 Å². The number of methoxy groups -OCH3 is 1. The number of anilines is 1. The summed E-state index contributed by atoms with van der Waals surface area (Å²) in [5, 5.41) is 18.5. The number of ether oxygens (including phenoxy) is 1. The largest absolute Gasteiger partial charge is 0.494 e. The highest BCUT2D eigenvalue weighted by Crippen LogP contribution is 2.30. The van der Waals surface area contributed by atoms with Crippen molar-refractivity contribution >= 4 is 27.9 Å². The van der Waals surface area contributed by atoms with Crippen LogP contribution < -0.4 is 10.1 Å². The molecule has 0 bridgehead atoms. The average molecular weight is 314 g/mol. The number of nitrogens with zero attached hydrogens (tertiary/aromatic N) is 1. The number of fused-ring (bicyclic) bond motifs is 1.